The second-order valence-electron chi connectivity index (χ2n) is 3.64. The molecule has 0 spiro atoms. The number of aryl methyl sites for hydroxylation is 1. The third-order valence-electron chi connectivity index (χ3n) is 2.17. The Morgan fingerprint density at radius 3 is 2.94 bits per heavy atom. The van der Waals surface area contributed by atoms with Crippen molar-refractivity contribution in [2.24, 2.45) is 5.73 Å². The van der Waals surface area contributed by atoms with Gasteiger partial charge in [0.05, 0.1) is 13.2 Å². The zero-order valence-corrected chi connectivity index (χ0v) is 9.78. The van der Waals surface area contributed by atoms with Crippen LogP contribution in [0.5, 0.6) is 0 Å². The van der Waals surface area contributed by atoms with Gasteiger partial charge in [0.2, 0.25) is 0 Å². The van der Waals surface area contributed by atoms with Gasteiger partial charge in [0.15, 0.2) is 0 Å². The number of hydrogen-bond donors (Lipinski definition) is 1. The van der Waals surface area contributed by atoms with E-state index in [1.54, 1.807) is 18.2 Å². The molecule has 0 fully saturated rings. The number of rotatable bonds is 5. The SMILES string of the molecule is Cc1ccc(/C=C/CCOC(=O)CN)c(F)c1. The molecule has 0 bridgehead atoms. The molecule has 0 aliphatic heterocycles. The van der Waals surface area contributed by atoms with E-state index in [1.165, 1.54) is 6.07 Å². The smallest absolute Gasteiger partial charge is 0.319 e. The fourth-order valence-electron chi connectivity index (χ4n) is 1.28. The van der Waals surface area contributed by atoms with Crippen molar-refractivity contribution in [3.05, 3.63) is 41.2 Å². The lowest BCUT2D eigenvalue weighted by molar-refractivity contribution is -0.141. The molecule has 1 aromatic rings. The molecule has 1 aromatic carbocycles. The summed E-state index contributed by atoms with van der Waals surface area (Å²) in [5.41, 5.74) is 6.48. The van der Waals surface area contributed by atoms with Crippen molar-refractivity contribution in [3.63, 3.8) is 0 Å². The second-order valence-corrected chi connectivity index (χ2v) is 3.64. The van der Waals surface area contributed by atoms with E-state index in [2.05, 4.69) is 0 Å². The first kappa shape index (κ1) is 13.4. The van der Waals surface area contributed by atoms with E-state index in [9.17, 15) is 9.18 Å². The zero-order valence-electron chi connectivity index (χ0n) is 9.78. The van der Waals surface area contributed by atoms with Gasteiger partial charge >= 0.3 is 5.97 Å². The lowest BCUT2D eigenvalue weighted by Gasteiger charge is -2.00. The summed E-state index contributed by atoms with van der Waals surface area (Å²) in [6.07, 6.45) is 3.97. The van der Waals surface area contributed by atoms with Crippen molar-refractivity contribution in [3.8, 4) is 0 Å². The van der Waals surface area contributed by atoms with Crippen LogP contribution in [-0.2, 0) is 9.53 Å². The largest absolute Gasteiger partial charge is 0.464 e. The molecule has 17 heavy (non-hydrogen) atoms. The molecular weight excluding hydrogens is 221 g/mol. The van der Waals surface area contributed by atoms with Gasteiger partial charge < -0.3 is 10.5 Å². The summed E-state index contributed by atoms with van der Waals surface area (Å²) in [6, 6.07) is 5.04. The van der Waals surface area contributed by atoms with Crippen LogP contribution in [0.2, 0.25) is 0 Å². The van der Waals surface area contributed by atoms with Crippen LogP contribution in [0.1, 0.15) is 17.5 Å². The molecule has 0 atom stereocenters. The molecular formula is C13H16FNO2. The minimum Gasteiger partial charge on any atom is -0.464 e. The molecule has 4 heteroatoms. The van der Waals surface area contributed by atoms with E-state index in [-0.39, 0.29) is 19.0 Å². The van der Waals surface area contributed by atoms with Crippen molar-refractivity contribution >= 4 is 12.0 Å². The Bertz CT molecular complexity index is 416. The molecule has 0 aliphatic carbocycles. The van der Waals surface area contributed by atoms with Crippen LogP contribution in [0.4, 0.5) is 4.39 Å². The fourth-order valence-corrected chi connectivity index (χ4v) is 1.28. The van der Waals surface area contributed by atoms with E-state index in [4.69, 9.17) is 10.5 Å². The third-order valence-corrected chi connectivity index (χ3v) is 2.17. The van der Waals surface area contributed by atoms with Crippen LogP contribution in [0.15, 0.2) is 24.3 Å². The summed E-state index contributed by atoms with van der Waals surface area (Å²) in [7, 11) is 0. The molecule has 0 saturated heterocycles. The van der Waals surface area contributed by atoms with Crippen molar-refractivity contribution < 1.29 is 13.9 Å². The first-order chi connectivity index (χ1) is 8.13. The first-order valence-electron chi connectivity index (χ1n) is 5.42. The number of ether oxygens (including phenoxy) is 1. The molecule has 92 valence electrons. The molecule has 0 aliphatic rings. The van der Waals surface area contributed by atoms with E-state index >= 15 is 0 Å². The third kappa shape index (κ3) is 4.78. The highest BCUT2D eigenvalue weighted by molar-refractivity contribution is 5.71. The Hall–Kier alpha value is -1.68. The van der Waals surface area contributed by atoms with E-state index in [0.717, 1.165) is 5.56 Å². The maximum atomic E-state index is 13.4. The van der Waals surface area contributed by atoms with Gasteiger partial charge in [0.25, 0.3) is 0 Å². The molecule has 0 heterocycles. The fraction of sp³-hybridized carbons (Fsp3) is 0.308. The van der Waals surface area contributed by atoms with Gasteiger partial charge in [-0.05, 0) is 25.0 Å². The topological polar surface area (TPSA) is 52.3 Å². The van der Waals surface area contributed by atoms with Gasteiger partial charge in [-0.25, -0.2) is 4.39 Å². The molecule has 3 nitrogen and oxygen atoms in total. The maximum Gasteiger partial charge on any atom is 0.319 e. The predicted molar refractivity (Wildman–Crippen MR) is 64.8 cm³/mol. The Kier molecular flexibility index (Phi) is 5.36. The van der Waals surface area contributed by atoms with Crippen LogP contribution in [0.3, 0.4) is 0 Å². The summed E-state index contributed by atoms with van der Waals surface area (Å²) in [6.45, 7) is 1.99. The summed E-state index contributed by atoms with van der Waals surface area (Å²) >= 11 is 0. The number of benzene rings is 1. The quantitative estimate of drug-likeness (QED) is 0.629. The van der Waals surface area contributed by atoms with Crippen LogP contribution in [0.25, 0.3) is 6.08 Å². The van der Waals surface area contributed by atoms with Gasteiger partial charge in [-0.2, -0.15) is 0 Å². The highest BCUT2D eigenvalue weighted by atomic mass is 19.1. The highest BCUT2D eigenvalue weighted by Crippen LogP contribution is 2.11. The highest BCUT2D eigenvalue weighted by Gasteiger charge is 1.98. The molecule has 0 aromatic heterocycles. The van der Waals surface area contributed by atoms with Crippen molar-refractivity contribution in [2.75, 3.05) is 13.2 Å². The number of esters is 1. The van der Waals surface area contributed by atoms with Crippen LogP contribution in [0, 0.1) is 12.7 Å². The number of carbonyl (C=O) groups excluding carboxylic acids is 1. The molecule has 0 unspecified atom stereocenters. The normalized spacial score (nSPS) is 10.8. The maximum absolute atomic E-state index is 13.4. The average molecular weight is 237 g/mol. The van der Waals surface area contributed by atoms with E-state index in [1.807, 2.05) is 13.0 Å². The summed E-state index contributed by atoms with van der Waals surface area (Å²) in [5.74, 6) is -0.680. The molecule has 0 amide bonds. The van der Waals surface area contributed by atoms with Crippen molar-refractivity contribution in [1.82, 2.24) is 0 Å². The first-order valence-corrected chi connectivity index (χ1v) is 5.42. The zero-order chi connectivity index (χ0) is 12.7. The summed E-state index contributed by atoms with van der Waals surface area (Å²) < 4.78 is 18.2. The van der Waals surface area contributed by atoms with E-state index in [0.29, 0.717) is 12.0 Å². The molecule has 0 radical (unpaired) electrons. The standard InChI is InChI=1S/C13H16FNO2/c1-10-5-6-11(12(14)8-10)4-2-3-7-17-13(16)9-15/h2,4-6,8H,3,7,9,15H2,1H3/b4-2+. The van der Waals surface area contributed by atoms with Gasteiger partial charge in [-0.3, -0.25) is 4.79 Å². The predicted octanol–water partition coefficient (Wildman–Crippen LogP) is 2.04. The molecule has 2 N–H and O–H groups in total. The Labute approximate surface area is 100 Å². The van der Waals surface area contributed by atoms with Crippen LogP contribution in [-0.4, -0.2) is 19.1 Å². The Morgan fingerprint density at radius 1 is 1.53 bits per heavy atom. The van der Waals surface area contributed by atoms with E-state index < -0.39 is 5.97 Å². The van der Waals surface area contributed by atoms with Crippen molar-refractivity contribution in [1.29, 1.82) is 0 Å². The van der Waals surface area contributed by atoms with Crippen molar-refractivity contribution in [2.45, 2.75) is 13.3 Å². The number of carbonyl (C=O) groups is 1. The molecule has 1 rings (SSSR count). The second kappa shape index (κ2) is 6.81. The minimum atomic E-state index is -0.431. The Balaban J connectivity index is 2.40. The Morgan fingerprint density at radius 2 is 2.29 bits per heavy atom. The number of halogens is 1. The summed E-state index contributed by atoms with van der Waals surface area (Å²) in [5, 5.41) is 0. The lowest BCUT2D eigenvalue weighted by atomic mass is 10.1. The number of nitrogens with two attached hydrogens (primary N) is 1. The van der Waals surface area contributed by atoms with Gasteiger partial charge in [-0.1, -0.05) is 24.3 Å². The summed E-state index contributed by atoms with van der Waals surface area (Å²) in [4.78, 5) is 10.7. The van der Waals surface area contributed by atoms with Gasteiger partial charge in [0.1, 0.15) is 5.82 Å². The monoisotopic (exact) mass is 237 g/mol. The molecule has 0 saturated carbocycles. The lowest BCUT2D eigenvalue weighted by Crippen LogP contribution is -2.16. The van der Waals surface area contributed by atoms with Crippen LogP contribution >= 0.6 is 0 Å². The number of hydrogen-bond acceptors (Lipinski definition) is 3. The van der Waals surface area contributed by atoms with Gasteiger partial charge in [-0.15, -0.1) is 0 Å². The minimum absolute atomic E-state index is 0.115. The average Bonchev–Trinajstić information content (AvgIpc) is 2.30. The van der Waals surface area contributed by atoms with Gasteiger partial charge in [0, 0.05) is 5.56 Å². The van der Waals surface area contributed by atoms with Crippen LogP contribution < -0.4 is 5.73 Å².